The Morgan fingerprint density at radius 1 is 0.952 bits per heavy atom. The molecule has 1 nitrogen and oxygen atoms in total. The van der Waals surface area contributed by atoms with Crippen molar-refractivity contribution < 1.29 is 0 Å². The van der Waals surface area contributed by atoms with E-state index in [1.54, 1.807) is 0 Å². The third kappa shape index (κ3) is 3.43. The molecular formula is C19H23NSi. The lowest BCUT2D eigenvalue weighted by Crippen LogP contribution is -2.49. The molecule has 2 aromatic carbocycles. The highest BCUT2D eigenvalue weighted by Crippen LogP contribution is 2.35. The topological polar surface area (TPSA) is 23.8 Å². The van der Waals surface area contributed by atoms with Gasteiger partial charge in [0.2, 0.25) is 0 Å². The maximum atomic E-state index is 9.13. The lowest BCUT2D eigenvalue weighted by Gasteiger charge is -2.37. The summed E-state index contributed by atoms with van der Waals surface area (Å²) >= 11 is 0. The first-order chi connectivity index (χ1) is 10.1. The van der Waals surface area contributed by atoms with Crippen LogP contribution in [0.2, 0.25) is 13.1 Å². The number of hydrogen-bond donors (Lipinski definition) is 0. The molecule has 2 atom stereocenters. The summed E-state index contributed by atoms with van der Waals surface area (Å²) in [5.74, 6) is 0.374. The Hall–Kier alpha value is -1.85. The van der Waals surface area contributed by atoms with Crippen LogP contribution in [0.3, 0.4) is 0 Å². The van der Waals surface area contributed by atoms with Crippen LogP contribution in [0.5, 0.6) is 0 Å². The minimum absolute atomic E-state index is 0.374. The molecule has 21 heavy (non-hydrogen) atoms. The van der Waals surface area contributed by atoms with Crippen molar-refractivity contribution in [3.05, 3.63) is 66.2 Å². The highest BCUT2D eigenvalue weighted by atomic mass is 28.3. The SMILES string of the molecule is C[C@@H](CC#N)[C@H](c1ccccc1)[Si](C)(C)c1ccccc1. The van der Waals surface area contributed by atoms with Gasteiger partial charge in [0.05, 0.1) is 14.1 Å². The summed E-state index contributed by atoms with van der Waals surface area (Å²) in [5, 5.41) is 10.6. The first-order valence-electron chi connectivity index (χ1n) is 7.54. The van der Waals surface area contributed by atoms with Gasteiger partial charge in [-0.25, -0.2) is 0 Å². The summed E-state index contributed by atoms with van der Waals surface area (Å²) in [6, 6.07) is 23.9. The second kappa shape index (κ2) is 6.73. The molecule has 0 amide bonds. The normalized spacial score (nSPS) is 14.2. The number of rotatable bonds is 5. The Kier molecular flexibility index (Phi) is 4.98. The van der Waals surface area contributed by atoms with Crippen LogP contribution in [0.25, 0.3) is 0 Å². The van der Waals surface area contributed by atoms with E-state index in [0.717, 1.165) is 0 Å². The molecule has 0 spiro atoms. The van der Waals surface area contributed by atoms with E-state index in [-0.39, 0.29) is 0 Å². The Morgan fingerprint density at radius 2 is 1.48 bits per heavy atom. The lowest BCUT2D eigenvalue weighted by atomic mass is 9.98. The van der Waals surface area contributed by atoms with E-state index >= 15 is 0 Å². The molecule has 0 aliphatic carbocycles. The molecule has 108 valence electrons. The van der Waals surface area contributed by atoms with Crippen molar-refractivity contribution in [2.45, 2.75) is 32.0 Å². The Labute approximate surface area is 129 Å². The van der Waals surface area contributed by atoms with Crippen LogP contribution in [-0.2, 0) is 0 Å². The predicted molar refractivity (Wildman–Crippen MR) is 92.1 cm³/mol. The highest BCUT2D eigenvalue weighted by molar-refractivity contribution is 6.91. The van der Waals surface area contributed by atoms with Gasteiger partial charge < -0.3 is 0 Å². The van der Waals surface area contributed by atoms with Crippen molar-refractivity contribution in [1.29, 1.82) is 5.26 Å². The fourth-order valence-electron chi connectivity index (χ4n) is 3.43. The quantitative estimate of drug-likeness (QED) is 0.746. The van der Waals surface area contributed by atoms with Gasteiger partial charge in [-0.1, -0.05) is 85.9 Å². The molecule has 0 radical (unpaired) electrons. The van der Waals surface area contributed by atoms with E-state index in [0.29, 0.717) is 17.9 Å². The average molecular weight is 293 g/mol. The van der Waals surface area contributed by atoms with E-state index in [4.69, 9.17) is 5.26 Å². The smallest absolute Gasteiger partial charge is 0.0882 e. The van der Waals surface area contributed by atoms with Crippen LogP contribution in [-0.4, -0.2) is 8.07 Å². The summed E-state index contributed by atoms with van der Waals surface area (Å²) in [6.45, 7) is 7.07. The van der Waals surface area contributed by atoms with Gasteiger partial charge in [-0.2, -0.15) is 5.26 Å². The van der Waals surface area contributed by atoms with Gasteiger partial charge in [0.25, 0.3) is 0 Å². The molecular weight excluding hydrogens is 270 g/mol. The van der Waals surface area contributed by atoms with Crippen LogP contribution in [0.15, 0.2) is 60.7 Å². The monoisotopic (exact) mass is 293 g/mol. The number of benzene rings is 2. The lowest BCUT2D eigenvalue weighted by molar-refractivity contribution is 0.561. The molecule has 0 bridgehead atoms. The van der Waals surface area contributed by atoms with Gasteiger partial charge in [-0.3, -0.25) is 0 Å². The van der Waals surface area contributed by atoms with Gasteiger partial charge >= 0.3 is 0 Å². The van der Waals surface area contributed by atoms with Gasteiger partial charge in [0, 0.05) is 6.42 Å². The fraction of sp³-hybridized carbons (Fsp3) is 0.316. The second-order valence-corrected chi connectivity index (χ2v) is 11.0. The molecule has 0 aromatic heterocycles. The molecule has 2 heteroatoms. The Balaban J connectivity index is 2.47. The van der Waals surface area contributed by atoms with Crippen LogP contribution in [0, 0.1) is 17.2 Å². The molecule has 0 heterocycles. The van der Waals surface area contributed by atoms with Crippen molar-refractivity contribution >= 4 is 13.3 Å². The van der Waals surface area contributed by atoms with E-state index in [1.165, 1.54) is 10.8 Å². The van der Waals surface area contributed by atoms with Crippen LogP contribution in [0.4, 0.5) is 0 Å². The Bertz CT molecular complexity index is 598. The maximum absolute atomic E-state index is 9.13. The number of nitrogens with zero attached hydrogens (tertiary/aromatic N) is 1. The number of nitriles is 1. The van der Waals surface area contributed by atoms with Crippen molar-refractivity contribution in [3.8, 4) is 6.07 Å². The standard InChI is InChI=1S/C19H23NSi/c1-16(14-15-20)19(17-10-6-4-7-11-17)21(2,3)18-12-8-5-9-13-18/h4-13,16,19H,14H2,1-3H3/t16-,19+/m0/s1. The molecule has 2 rings (SSSR count). The first-order valence-corrected chi connectivity index (χ1v) is 10.6. The van der Waals surface area contributed by atoms with Crippen molar-refractivity contribution in [3.63, 3.8) is 0 Å². The molecule has 0 unspecified atom stereocenters. The molecule has 0 N–H and O–H groups in total. The second-order valence-electron chi connectivity index (χ2n) is 6.32. The fourth-order valence-corrected chi connectivity index (χ4v) is 7.40. The summed E-state index contributed by atoms with van der Waals surface area (Å²) in [6.07, 6.45) is 0.614. The van der Waals surface area contributed by atoms with Crippen molar-refractivity contribution in [1.82, 2.24) is 0 Å². The van der Waals surface area contributed by atoms with E-state index < -0.39 is 8.07 Å². The van der Waals surface area contributed by atoms with Crippen molar-refractivity contribution in [2.75, 3.05) is 0 Å². The van der Waals surface area contributed by atoms with Crippen LogP contribution >= 0.6 is 0 Å². The van der Waals surface area contributed by atoms with E-state index in [2.05, 4.69) is 86.8 Å². The maximum Gasteiger partial charge on any atom is 0.0882 e. The van der Waals surface area contributed by atoms with Gasteiger partial charge in [-0.05, 0) is 17.0 Å². The van der Waals surface area contributed by atoms with E-state index in [9.17, 15) is 0 Å². The minimum Gasteiger partial charge on any atom is -0.198 e. The predicted octanol–water partition coefficient (Wildman–Crippen LogP) is 4.47. The molecule has 0 aliphatic heterocycles. The molecule has 0 saturated heterocycles. The Morgan fingerprint density at radius 3 is 2.00 bits per heavy atom. The van der Waals surface area contributed by atoms with E-state index in [1.807, 2.05) is 0 Å². The van der Waals surface area contributed by atoms with Gasteiger partial charge in [0.1, 0.15) is 0 Å². The third-order valence-corrected chi connectivity index (χ3v) is 8.72. The zero-order chi connectivity index (χ0) is 15.3. The van der Waals surface area contributed by atoms with Crippen molar-refractivity contribution in [2.24, 2.45) is 5.92 Å². The van der Waals surface area contributed by atoms with Crippen LogP contribution in [0.1, 0.15) is 24.4 Å². The largest absolute Gasteiger partial charge is 0.198 e. The third-order valence-electron chi connectivity index (χ3n) is 4.44. The van der Waals surface area contributed by atoms with Gasteiger partial charge in [0.15, 0.2) is 0 Å². The number of hydrogen-bond acceptors (Lipinski definition) is 1. The zero-order valence-corrected chi connectivity index (χ0v) is 14.1. The first kappa shape index (κ1) is 15.5. The molecule has 0 saturated carbocycles. The molecule has 0 aliphatic rings. The molecule has 2 aromatic rings. The molecule has 0 fully saturated rings. The summed E-state index contributed by atoms with van der Waals surface area (Å²) in [5.41, 5.74) is 1.83. The van der Waals surface area contributed by atoms with Gasteiger partial charge in [-0.15, -0.1) is 0 Å². The minimum atomic E-state index is -1.70. The zero-order valence-electron chi connectivity index (χ0n) is 13.1. The highest BCUT2D eigenvalue weighted by Gasteiger charge is 2.37. The summed E-state index contributed by atoms with van der Waals surface area (Å²) in [4.78, 5) is 0. The summed E-state index contributed by atoms with van der Waals surface area (Å²) < 4.78 is 0. The summed E-state index contributed by atoms with van der Waals surface area (Å²) in [7, 11) is -1.70. The van der Waals surface area contributed by atoms with Crippen LogP contribution < -0.4 is 5.19 Å². The average Bonchev–Trinajstić information content (AvgIpc) is 2.49.